The number of esters is 1. The van der Waals surface area contributed by atoms with Gasteiger partial charge in [-0.2, -0.15) is 0 Å². The number of rotatable bonds is 3. The zero-order chi connectivity index (χ0) is 16.1. The second-order valence-electron chi connectivity index (χ2n) is 5.90. The molecule has 2 unspecified atom stereocenters. The van der Waals surface area contributed by atoms with Gasteiger partial charge in [0.2, 0.25) is 0 Å². The smallest absolute Gasteiger partial charge is 0.330 e. The summed E-state index contributed by atoms with van der Waals surface area (Å²) in [5, 5.41) is -0.107. The van der Waals surface area contributed by atoms with Crippen molar-refractivity contribution in [3.8, 4) is 0 Å². The number of ether oxygens (including phenoxy) is 1. The van der Waals surface area contributed by atoms with E-state index in [1.165, 1.54) is 0 Å². The summed E-state index contributed by atoms with van der Waals surface area (Å²) in [5.41, 5.74) is 0.932. The first-order chi connectivity index (χ1) is 10.2. The van der Waals surface area contributed by atoms with Crippen molar-refractivity contribution in [3.63, 3.8) is 0 Å². The first-order valence-corrected chi connectivity index (χ1v) is 9.30. The van der Waals surface area contributed by atoms with Gasteiger partial charge in [0.25, 0.3) is 5.91 Å². The maximum absolute atomic E-state index is 12.5. The maximum Gasteiger partial charge on any atom is 0.330 e. The topological polar surface area (TPSA) is 46.6 Å². The van der Waals surface area contributed by atoms with Crippen LogP contribution in [0.5, 0.6) is 0 Å². The van der Waals surface area contributed by atoms with Crippen molar-refractivity contribution in [2.45, 2.75) is 39.9 Å². The molecular weight excluding hydrogens is 434 g/mol. The molecule has 2 fully saturated rings. The van der Waals surface area contributed by atoms with E-state index in [4.69, 9.17) is 4.74 Å². The van der Waals surface area contributed by atoms with E-state index in [1.807, 2.05) is 44.2 Å². The Bertz CT molecular complexity index is 620. The number of benzene rings is 1. The van der Waals surface area contributed by atoms with Gasteiger partial charge in [0, 0.05) is 4.75 Å². The number of nitrogens with zero attached hydrogens (tertiary/aromatic N) is 1. The van der Waals surface area contributed by atoms with Gasteiger partial charge in [0.1, 0.15) is 18.0 Å². The molecule has 0 bridgehead atoms. The Balaban J connectivity index is 1.73. The fourth-order valence-electron chi connectivity index (χ4n) is 2.77. The Morgan fingerprint density at radius 1 is 1.32 bits per heavy atom. The average molecular weight is 449 g/mol. The van der Waals surface area contributed by atoms with Crippen LogP contribution in [0.3, 0.4) is 0 Å². The monoisotopic (exact) mass is 447 g/mol. The standard InChI is InChI=1S/C15H15Br2NO3S/c1-14(2)10(18-12(20)15(16,17)13(18)22-14)11(19)21-8-9-6-4-3-5-7-9/h3-7,10,13H,8H2,1-2H3. The van der Waals surface area contributed by atoms with Crippen LogP contribution in [0.2, 0.25) is 0 Å². The molecule has 0 radical (unpaired) electrons. The van der Waals surface area contributed by atoms with Gasteiger partial charge in [-0.1, -0.05) is 62.2 Å². The number of hydrogen-bond acceptors (Lipinski definition) is 4. The highest BCUT2D eigenvalue weighted by Gasteiger charge is 2.70. The van der Waals surface area contributed by atoms with Crippen molar-refractivity contribution in [3.05, 3.63) is 35.9 Å². The number of hydrogen-bond donors (Lipinski definition) is 0. The largest absolute Gasteiger partial charge is 0.459 e. The highest BCUT2D eigenvalue weighted by molar-refractivity contribution is 9.26. The van der Waals surface area contributed by atoms with Crippen molar-refractivity contribution in [2.75, 3.05) is 0 Å². The average Bonchev–Trinajstić information content (AvgIpc) is 2.76. The molecule has 2 atom stereocenters. The van der Waals surface area contributed by atoms with Gasteiger partial charge >= 0.3 is 5.97 Å². The molecule has 0 aliphatic carbocycles. The summed E-state index contributed by atoms with van der Waals surface area (Å²) in [6.45, 7) is 4.15. The molecule has 0 aromatic heterocycles. The van der Waals surface area contributed by atoms with E-state index >= 15 is 0 Å². The predicted octanol–water partition coefficient (Wildman–Crippen LogP) is 3.28. The minimum atomic E-state index is -0.767. The van der Waals surface area contributed by atoms with E-state index in [0.29, 0.717) is 0 Å². The van der Waals surface area contributed by atoms with Crippen LogP contribution in [0.4, 0.5) is 0 Å². The van der Waals surface area contributed by atoms with Gasteiger partial charge in [-0.25, -0.2) is 4.79 Å². The Labute approximate surface area is 150 Å². The quantitative estimate of drug-likeness (QED) is 0.404. The van der Waals surface area contributed by atoms with E-state index in [0.717, 1.165) is 5.56 Å². The number of thioether (sulfide) groups is 1. The molecule has 2 aliphatic rings. The molecule has 118 valence electrons. The summed E-state index contributed by atoms with van der Waals surface area (Å²) in [5.74, 6) is -0.482. The summed E-state index contributed by atoms with van der Waals surface area (Å²) < 4.78 is 4.28. The molecule has 4 nitrogen and oxygen atoms in total. The normalized spacial score (nSPS) is 28.0. The molecule has 0 N–H and O–H groups in total. The summed E-state index contributed by atoms with van der Waals surface area (Å²) in [6.07, 6.45) is 0. The first-order valence-electron chi connectivity index (χ1n) is 6.84. The fraction of sp³-hybridized carbons (Fsp3) is 0.467. The number of alkyl halides is 2. The zero-order valence-corrected chi connectivity index (χ0v) is 16.1. The van der Waals surface area contributed by atoms with Gasteiger partial charge < -0.3 is 9.64 Å². The molecule has 0 spiro atoms. The van der Waals surface area contributed by atoms with Gasteiger partial charge in [-0.15, -0.1) is 11.8 Å². The van der Waals surface area contributed by atoms with Crippen LogP contribution in [-0.2, 0) is 20.9 Å². The van der Waals surface area contributed by atoms with Crippen molar-refractivity contribution >= 4 is 55.5 Å². The lowest BCUT2D eigenvalue weighted by Gasteiger charge is -2.46. The van der Waals surface area contributed by atoms with Crippen LogP contribution in [-0.4, -0.2) is 36.2 Å². The SMILES string of the molecule is CC1(C)SC2N(C(=O)C2(Br)Br)C1C(=O)OCc1ccccc1. The Morgan fingerprint density at radius 3 is 2.59 bits per heavy atom. The minimum Gasteiger partial charge on any atom is -0.459 e. The number of β-lactam (4-membered cyclic amide) rings is 1. The molecule has 1 amide bonds. The molecule has 0 saturated carbocycles. The second-order valence-corrected chi connectivity index (χ2v) is 11.2. The lowest BCUT2D eigenvalue weighted by Crippen LogP contribution is -2.68. The lowest BCUT2D eigenvalue weighted by molar-refractivity contribution is -0.162. The van der Waals surface area contributed by atoms with Crippen LogP contribution in [0.15, 0.2) is 30.3 Å². The Hall–Kier alpha value is -0.530. The third-order valence-electron chi connectivity index (χ3n) is 3.88. The third kappa shape index (κ3) is 2.51. The fourth-order valence-corrected chi connectivity index (χ4v) is 5.67. The van der Waals surface area contributed by atoms with Crippen molar-refractivity contribution < 1.29 is 14.3 Å². The molecule has 3 rings (SSSR count). The van der Waals surface area contributed by atoms with Crippen molar-refractivity contribution in [1.82, 2.24) is 4.90 Å². The number of carbonyl (C=O) groups excluding carboxylic acids is 2. The zero-order valence-electron chi connectivity index (χ0n) is 12.1. The van der Waals surface area contributed by atoms with Crippen molar-refractivity contribution in [2.24, 2.45) is 0 Å². The van der Waals surface area contributed by atoms with Crippen LogP contribution in [0, 0.1) is 0 Å². The number of carbonyl (C=O) groups is 2. The lowest BCUT2D eigenvalue weighted by atomic mass is 9.98. The van der Waals surface area contributed by atoms with E-state index in [1.54, 1.807) is 16.7 Å². The van der Waals surface area contributed by atoms with Crippen LogP contribution < -0.4 is 0 Å². The van der Waals surface area contributed by atoms with Crippen LogP contribution in [0.25, 0.3) is 0 Å². The second kappa shape index (κ2) is 5.53. The minimum absolute atomic E-state index is 0.107. The number of amides is 1. The summed E-state index contributed by atoms with van der Waals surface area (Å²) in [7, 11) is 0. The molecule has 2 heterocycles. The molecule has 1 aromatic rings. The summed E-state index contributed by atoms with van der Waals surface area (Å²) in [4.78, 5) is 26.4. The number of halogens is 2. The highest BCUT2D eigenvalue weighted by Crippen LogP contribution is 2.60. The summed E-state index contributed by atoms with van der Waals surface area (Å²) >= 11 is 8.38. The van der Waals surface area contributed by atoms with Gasteiger partial charge in [-0.3, -0.25) is 4.79 Å². The molecule has 22 heavy (non-hydrogen) atoms. The first kappa shape index (κ1) is 16.3. The molecule has 2 saturated heterocycles. The molecule has 2 aliphatic heterocycles. The molecule has 7 heteroatoms. The third-order valence-corrected chi connectivity index (χ3v) is 7.67. The van der Waals surface area contributed by atoms with Gasteiger partial charge in [0.05, 0.1) is 0 Å². The molecule has 1 aromatic carbocycles. The van der Waals surface area contributed by atoms with Gasteiger partial charge in [0.15, 0.2) is 3.23 Å². The summed E-state index contributed by atoms with van der Waals surface area (Å²) in [6, 6.07) is 8.96. The van der Waals surface area contributed by atoms with E-state index in [-0.39, 0.29) is 23.9 Å². The van der Waals surface area contributed by atoms with E-state index in [2.05, 4.69) is 31.9 Å². The Kier molecular flexibility index (Phi) is 4.10. The van der Waals surface area contributed by atoms with E-state index < -0.39 is 14.0 Å². The molecular formula is C15H15Br2NO3S. The number of fused-ring (bicyclic) bond motifs is 1. The highest BCUT2D eigenvalue weighted by atomic mass is 79.9. The maximum atomic E-state index is 12.5. The predicted molar refractivity (Wildman–Crippen MR) is 92.9 cm³/mol. The van der Waals surface area contributed by atoms with Crippen LogP contribution in [0.1, 0.15) is 19.4 Å². The van der Waals surface area contributed by atoms with Gasteiger partial charge in [-0.05, 0) is 19.4 Å². The van der Waals surface area contributed by atoms with Crippen molar-refractivity contribution in [1.29, 1.82) is 0 Å². The van der Waals surface area contributed by atoms with Crippen LogP contribution >= 0.6 is 43.6 Å². The van der Waals surface area contributed by atoms with E-state index in [9.17, 15) is 9.59 Å². The Morgan fingerprint density at radius 2 is 1.95 bits per heavy atom.